The molecule has 0 aliphatic heterocycles. The number of benzene rings is 1. The number of hydrogen-bond donors (Lipinski definition) is 2. The number of ketones is 1. The summed E-state index contributed by atoms with van der Waals surface area (Å²) in [6, 6.07) is 7.01. The van der Waals surface area contributed by atoms with Crippen molar-refractivity contribution in [3.63, 3.8) is 0 Å². The highest BCUT2D eigenvalue weighted by Crippen LogP contribution is 2.08. The van der Waals surface area contributed by atoms with Gasteiger partial charge in [-0.25, -0.2) is 0 Å². The minimum absolute atomic E-state index is 0.0559. The highest BCUT2D eigenvalue weighted by Gasteiger charge is 1.97. The molecule has 1 aromatic carbocycles. The van der Waals surface area contributed by atoms with Crippen LogP contribution in [0, 0.1) is 0 Å². The molecule has 4 heteroatoms. The number of carbonyl (C=O) groups excluding carboxylic acids is 1. The molecule has 1 rings (SSSR count). The zero-order chi connectivity index (χ0) is 8.97. The van der Waals surface area contributed by atoms with Gasteiger partial charge in [-0.1, -0.05) is 0 Å². The first-order valence-corrected chi connectivity index (χ1v) is 3.84. The molecule has 64 valence electrons. The summed E-state index contributed by atoms with van der Waals surface area (Å²) in [5.41, 5.74) is 4.18. The van der Waals surface area contributed by atoms with Crippen LogP contribution >= 0.6 is 11.8 Å². The first-order chi connectivity index (χ1) is 5.74. The van der Waals surface area contributed by atoms with Gasteiger partial charge in [-0.05, 0) is 43.0 Å². The van der Waals surface area contributed by atoms with Crippen molar-refractivity contribution in [3.8, 4) is 0 Å². The lowest BCUT2D eigenvalue weighted by atomic mass is 10.1. The van der Waals surface area contributed by atoms with Crippen LogP contribution < -0.4 is 10.4 Å². The third kappa shape index (κ3) is 2.22. The maximum atomic E-state index is 10.9. The molecule has 0 fully saturated rings. The van der Waals surface area contributed by atoms with E-state index < -0.39 is 0 Å². The average molecular weight is 185 g/mol. The number of hydrazine groups is 1. The fraction of sp³-hybridized carbons (Fsp3) is 0.125. The lowest BCUT2D eigenvalue weighted by molar-refractivity contribution is 0.101. The zero-order valence-electron chi connectivity index (χ0n) is 6.60. The van der Waals surface area contributed by atoms with Gasteiger partial charge in [0.25, 0.3) is 0 Å². The van der Waals surface area contributed by atoms with Crippen molar-refractivity contribution < 1.29 is 4.79 Å². The molecule has 2 N–H and O–H groups in total. The van der Waals surface area contributed by atoms with Crippen molar-refractivity contribution in [1.29, 1.82) is 0 Å². The van der Waals surface area contributed by atoms with Gasteiger partial charge < -0.3 is 5.43 Å². The molecular weight excluding hydrogens is 176 g/mol. The lowest BCUT2D eigenvalue weighted by Gasteiger charge is -2.01. The van der Waals surface area contributed by atoms with Crippen molar-refractivity contribution in [2.24, 2.45) is 0 Å². The fourth-order valence-electron chi connectivity index (χ4n) is 0.843. The smallest absolute Gasteiger partial charge is 0.159 e. The van der Waals surface area contributed by atoms with E-state index >= 15 is 0 Å². The van der Waals surface area contributed by atoms with Crippen molar-refractivity contribution in [3.05, 3.63) is 29.8 Å². The van der Waals surface area contributed by atoms with Crippen molar-refractivity contribution in [2.45, 2.75) is 6.92 Å². The quantitative estimate of drug-likeness (QED) is 0.429. The predicted octanol–water partition coefficient (Wildman–Crippen LogP) is 1.96. The van der Waals surface area contributed by atoms with E-state index in [0.29, 0.717) is 5.56 Å². The molecule has 0 amide bonds. The van der Waals surface area contributed by atoms with Gasteiger partial charge in [0, 0.05) is 5.56 Å². The molecule has 1 aromatic rings. The highest BCUT2D eigenvalue weighted by molar-refractivity contribution is 6.13. The van der Waals surface area contributed by atoms with Crippen LogP contribution in [-0.2, 0) is 0 Å². The Labute approximate surface area is 75.8 Å². The van der Waals surface area contributed by atoms with Gasteiger partial charge in [0.2, 0.25) is 0 Å². The number of Topliss-reactive ketones (excluding diaryl/α,β-unsaturated/α-hetero) is 1. The van der Waals surface area contributed by atoms with Crippen LogP contribution in [0.25, 0.3) is 0 Å². The van der Waals surface area contributed by atoms with Crippen molar-refractivity contribution >= 4 is 23.2 Å². The van der Waals surface area contributed by atoms with E-state index in [9.17, 15) is 4.79 Å². The van der Waals surface area contributed by atoms with Gasteiger partial charge in [0.05, 0.1) is 5.69 Å². The predicted molar refractivity (Wildman–Crippen MR) is 49.1 cm³/mol. The average Bonchev–Trinajstić information content (AvgIpc) is 2.06. The number of carbonyl (C=O) groups is 1. The Balaban J connectivity index is 2.78. The highest BCUT2D eigenvalue weighted by atomic mass is 35.5. The first-order valence-electron chi connectivity index (χ1n) is 3.46. The topological polar surface area (TPSA) is 41.1 Å². The Morgan fingerprint density at radius 3 is 2.33 bits per heavy atom. The first kappa shape index (κ1) is 9.03. The SMILES string of the molecule is CC(=O)c1ccc(NNCl)cc1. The second-order valence-electron chi connectivity index (χ2n) is 2.35. The van der Waals surface area contributed by atoms with E-state index in [0.717, 1.165) is 5.69 Å². The number of rotatable bonds is 3. The summed E-state index contributed by atoms with van der Waals surface area (Å²) in [5, 5.41) is 0. The molecule has 0 unspecified atom stereocenters. The maximum absolute atomic E-state index is 10.9. The normalized spacial score (nSPS) is 9.50. The fourth-order valence-corrected chi connectivity index (χ4v) is 0.952. The molecule has 12 heavy (non-hydrogen) atoms. The summed E-state index contributed by atoms with van der Waals surface area (Å²) in [5.74, 6) is 0.0559. The third-order valence-electron chi connectivity index (χ3n) is 1.48. The van der Waals surface area contributed by atoms with Crippen LogP contribution in [0.2, 0.25) is 0 Å². The molecule has 0 heterocycles. The maximum Gasteiger partial charge on any atom is 0.159 e. The summed E-state index contributed by atoms with van der Waals surface area (Å²) < 4.78 is 0. The van der Waals surface area contributed by atoms with Crippen LogP contribution in [0.1, 0.15) is 17.3 Å². The second-order valence-corrected chi connectivity index (χ2v) is 2.54. The summed E-state index contributed by atoms with van der Waals surface area (Å²) in [6.45, 7) is 1.53. The summed E-state index contributed by atoms with van der Waals surface area (Å²) in [7, 11) is 0. The van der Waals surface area contributed by atoms with E-state index in [1.54, 1.807) is 24.3 Å². The Morgan fingerprint density at radius 2 is 1.92 bits per heavy atom. The molecule has 0 atom stereocenters. The Bertz CT molecular complexity index is 271. The number of hydrogen-bond acceptors (Lipinski definition) is 3. The summed E-state index contributed by atoms with van der Waals surface area (Å²) in [4.78, 5) is 13.1. The molecule has 0 radical (unpaired) electrons. The Hall–Kier alpha value is -1.06. The van der Waals surface area contributed by atoms with Crippen molar-refractivity contribution in [1.82, 2.24) is 4.94 Å². The van der Waals surface area contributed by atoms with Crippen LogP contribution in [0.3, 0.4) is 0 Å². The largest absolute Gasteiger partial charge is 0.308 e. The molecule has 0 spiro atoms. The Morgan fingerprint density at radius 1 is 1.33 bits per heavy atom. The zero-order valence-corrected chi connectivity index (χ0v) is 7.35. The van der Waals surface area contributed by atoms with Crippen LogP contribution in [-0.4, -0.2) is 5.78 Å². The number of anilines is 1. The molecule has 0 aliphatic carbocycles. The lowest BCUT2D eigenvalue weighted by Crippen LogP contribution is -2.08. The second kappa shape index (κ2) is 4.09. The van der Waals surface area contributed by atoms with Gasteiger partial charge in [-0.3, -0.25) is 4.79 Å². The van der Waals surface area contributed by atoms with E-state index in [1.807, 2.05) is 0 Å². The molecule has 0 aliphatic rings. The minimum Gasteiger partial charge on any atom is -0.308 e. The molecule has 0 saturated heterocycles. The third-order valence-corrected chi connectivity index (χ3v) is 1.58. The number of nitrogens with one attached hydrogen (secondary N) is 2. The van der Waals surface area contributed by atoms with E-state index in [1.165, 1.54) is 6.92 Å². The molecule has 3 nitrogen and oxygen atoms in total. The van der Waals surface area contributed by atoms with Gasteiger partial charge in [0.15, 0.2) is 5.78 Å². The van der Waals surface area contributed by atoms with Crippen LogP contribution in [0.15, 0.2) is 24.3 Å². The van der Waals surface area contributed by atoms with Gasteiger partial charge in [-0.2, -0.15) is 0 Å². The van der Waals surface area contributed by atoms with Gasteiger partial charge >= 0.3 is 0 Å². The molecule has 0 aromatic heterocycles. The van der Waals surface area contributed by atoms with Gasteiger partial charge in [-0.15, -0.1) is 4.94 Å². The Kier molecular flexibility index (Phi) is 3.08. The minimum atomic E-state index is 0.0559. The van der Waals surface area contributed by atoms with Crippen molar-refractivity contribution in [2.75, 3.05) is 5.43 Å². The summed E-state index contributed by atoms with van der Waals surface area (Å²) in [6.07, 6.45) is 0. The van der Waals surface area contributed by atoms with E-state index in [2.05, 4.69) is 10.4 Å². The molecule has 0 bridgehead atoms. The van der Waals surface area contributed by atoms with Crippen LogP contribution in [0.5, 0.6) is 0 Å². The van der Waals surface area contributed by atoms with E-state index in [4.69, 9.17) is 11.8 Å². The summed E-state index contributed by atoms with van der Waals surface area (Å²) >= 11 is 5.21. The van der Waals surface area contributed by atoms with Crippen LogP contribution in [0.4, 0.5) is 5.69 Å². The standard InChI is InChI=1S/C8H9ClN2O/c1-6(12)7-2-4-8(5-3-7)10-11-9/h2-5,10-11H,1H3. The molecular formula is C8H9ClN2O. The monoisotopic (exact) mass is 184 g/mol. The van der Waals surface area contributed by atoms with Gasteiger partial charge in [0.1, 0.15) is 0 Å². The molecule has 0 saturated carbocycles. The van der Waals surface area contributed by atoms with E-state index in [-0.39, 0.29) is 5.78 Å². The number of halogens is 1.